The molecule has 0 N–H and O–H groups in total. The van der Waals surface area contributed by atoms with Crippen molar-refractivity contribution >= 4 is 11.6 Å². The fraction of sp³-hybridized carbons (Fsp3) is 0. The van der Waals surface area contributed by atoms with Gasteiger partial charge < -0.3 is 0 Å². The maximum absolute atomic E-state index is 5.41. The van der Waals surface area contributed by atoms with Gasteiger partial charge in [-0.3, -0.25) is 4.70 Å². The molecule has 44 valence electrons. The van der Waals surface area contributed by atoms with Crippen molar-refractivity contribution < 1.29 is 4.70 Å². The highest BCUT2D eigenvalue weighted by Gasteiger charge is 1.77. The van der Waals surface area contributed by atoms with Crippen molar-refractivity contribution in [2.75, 3.05) is 0 Å². The van der Waals surface area contributed by atoms with Crippen LogP contribution in [0.3, 0.4) is 0 Å². The van der Waals surface area contributed by atoms with Crippen molar-refractivity contribution in [3.63, 3.8) is 0 Å². The van der Waals surface area contributed by atoms with Crippen LogP contribution in [0.1, 0.15) is 0 Å². The van der Waals surface area contributed by atoms with Crippen molar-refractivity contribution in [3.05, 3.63) is 23.7 Å². The molecule has 0 aliphatic rings. The summed E-state index contributed by atoms with van der Waals surface area (Å²) >= 11 is 5.41. The number of rotatable bonds is 0. The molecule has 1 rings (SSSR count). The van der Waals surface area contributed by atoms with Crippen molar-refractivity contribution in [1.29, 1.82) is 0 Å². The van der Waals surface area contributed by atoms with E-state index in [1.807, 2.05) is 0 Å². The number of hydrogen-bond donors (Lipinski definition) is 0. The van der Waals surface area contributed by atoms with E-state index in [-0.39, 0.29) is 4.70 Å². The molecule has 0 aliphatic carbocycles. The van der Waals surface area contributed by atoms with E-state index in [2.05, 4.69) is 9.97 Å². The van der Waals surface area contributed by atoms with Crippen molar-refractivity contribution in [1.82, 2.24) is 9.97 Å². The van der Waals surface area contributed by atoms with Gasteiger partial charge in [0.2, 0.25) is 0 Å². The third kappa shape index (κ3) is 1.84. The molecule has 0 radical (unpaired) electrons. The van der Waals surface area contributed by atoms with E-state index >= 15 is 0 Å². The van der Waals surface area contributed by atoms with E-state index in [0.717, 1.165) is 0 Å². The third-order valence-corrected chi connectivity index (χ3v) is 0.724. The van der Waals surface area contributed by atoms with Gasteiger partial charge in [-0.05, 0) is 0 Å². The van der Waals surface area contributed by atoms with Crippen LogP contribution in [0.4, 0.5) is 4.70 Å². The van der Waals surface area contributed by atoms with E-state index in [1.54, 1.807) is 0 Å². The fourth-order valence-electron chi connectivity index (χ4n) is 0.281. The Morgan fingerprint density at radius 3 is 2.00 bits per heavy atom. The molecule has 0 spiro atoms. The van der Waals surface area contributed by atoms with Gasteiger partial charge in [-0.1, -0.05) is 11.6 Å². The Morgan fingerprint density at radius 2 is 1.75 bits per heavy atom. The lowest BCUT2D eigenvalue weighted by molar-refractivity contribution is 1.11. The van der Waals surface area contributed by atoms with Crippen LogP contribution in [0.15, 0.2) is 18.7 Å². The lowest BCUT2D eigenvalue weighted by atomic mass is 10.7. The maximum atomic E-state index is 5.41. The molecule has 0 aromatic carbocycles. The second kappa shape index (κ2) is 3.32. The summed E-state index contributed by atoms with van der Waals surface area (Å²) in [5.41, 5.74) is 0. The Bertz CT molecular complexity index is 144. The molecule has 0 aliphatic heterocycles. The van der Waals surface area contributed by atoms with Crippen molar-refractivity contribution in [3.8, 4) is 0 Å². The van der Waals surface area contributed by atoms with E-state index in [1.165, 1.54) is 18.7 Å². The van der Waals surface area contributed by atoms with E-state index in [9.17, 15) is 0 Å². The topological polar surface area (TPSA) is 25.8 Å². The normalized spacial score (nSPS) is 7.62. The second-order valence-corrected chi connectivity index (χ2v) is 1.49. The average molecular weight is 135 g/mol. The number of aromatic nitrogens is 2. The molecule has 0 unspecified atom stereocenters. The summed E-state index contributed by atoms with van der Waals surface area (Å²) in [6.07, 6.45) is 4.51. The summed E-state index contributed by atoms with van der Waals surface area (Å²) in [4.78, 5) is 7.28. The molecule has 2 nitrogen and oxygen atoms in total. The van der Waals surface area contributed by atoms with Crippen molar-refractivity contribution in [2.24, 2.45) is 0 Å². The van der Waals surface area contributed by atoms with Crippen LogP contribution in [0.2, 0.25) is 5.02 Å². The number of nitrogens with zero attached hydrogens (tertiary/aromatic N) is 2. The Morgan fingerprint density at radius 1 is 1.25 bits per heavy atom. The van der Waals surface area contributed by atoms with Gasteiger partial charge in [0, 0.05) is 12.4 Å². The minimum Gasteiger partial charge on any atom is -0.269 e. The van der Waals surface area contributed by atoms with E-state index < -0.39 is 0 Å². The lowest BCUT2D eigenvalue weighted by Gasteiger charge is -1.79. The van der Waals surface area contributed by atoms with Crippen LogP contribution >= 0.6 is 11.6 Å². The molecule has 4 heteroatoms. The third-order valence-electron chi connectivity index (χ3n) is 0.529. The molecule has 1 heterocycles. The standard InChI is InChI=1S/C4H3ClN2.FH/c5-4-1-6-3-7-2-4;/h1-3H;1H. The van der Waals surface area contributed by atoms with Gasteiger partial charge in [-0.2, -0.15) is 0 Å². The Labute approximate surface area is 50.9 Å². The molecule has 0 saturated heterocycles. The maximum Gasteiger partial charge on any atom is 0.115 e. The molecule has 0 atom stereocenters. The second-order valence-electron chi connectivity index (χ2n) is 1.06. The monoisotopic (exact) mass is 134 g/mol. The minimum atomic E-state index is 0. The summed E-state index contributed by atoms with van der Waals surface area (Å²) in [6, 6.07) is 0. The van der Waals surface area contributed by atoms with Crippen LogP contribution in [-0.4, -0.2) is 9.97 Å². The summed E-state index contributed by atoms with van der Waals surface area (Å²) in [7, 11) is 0. The molecule has 0 amide bonds. The van der Waals surface area contributed by atoms with Crippen LogP contribution in [0.5, 0.6) is 0 Å². The zero-order valence-electron chi connectivity index (χ0n) is 3.91. The predicted octanol–water partition coefficient (Wildman–Crippen LogP) is 1.28. The highest BCUT2D eigenvalue weighted by Crippen LogP contribution is 1.98. The quantitative estimate of drug-likeness (QED) is 0.534. The van der Waals surface area contributed by atoms with Gasteiger partial charge in [-0.15, -0.1) is 0 Å². The Balaban J connectivity index is 0.000000490. The summed E-state index contributed by atoms with van der Waals surface area (Å²) < 4.78 is 0. The van der Waals surface area contributed by atoms with E-state index in [4.69, 9.17) is 11.6 Å². The van der Waals surface area contributed by atoms with Gasteiger partial charge in [0.15, 0.2) is 0 Å². The molecule has 1 aromatic rings. The molecule has 1 aromatic heterocycles. The summed E-state index contributed by atoms with van der Waals surface area (Å²) in [6.45, 7) is 0. The molecular formula is C4H4ClFN2. The molecule has 0 saturated carbocycles. The number of halogens is 2. The number of hydrogen-bond acceptors (Lipinski definition) is 2. The first-order valence-electron chi connectivity index (χ1n) is 1.80. The smallest absolute Gasteiger partial charge is 0.115 e. The Kier molecular flexibility index (Phi) is 3.03. The highest BCUT2D eigenvalue weighted by molar-refractivity contribution is 6.30. The van der Waals surface area contributed by atoms with Crippen LogP contribution in [0, 0.1) is 0 Å². The first-order valence-corrected chi connectivity index (χ1v) is 2.18. The first kappa shape index (κ1) is 7.30. The highest BCUT2D eigenvalue weighted by atomic mass is 35.5. The summed E-state index contributed by atoms with van der Waals surface area (Å²) in [5, 5.41) is 0.572. The lowest BCUT2D eigenvalue weighted by Crippen LogP contribution is -1.71. The van der Waals surface area contributed by atoms with Crippen molar-refractivity contribution in [2.45, 2.75) is 0 Å². The predicted molar refractivity (Wildman–Crippen MR) is 29.5 cm³/mol. The largest absolute Gasteiger partial charge is 0.269 e. The van der Waals surface area contributed by atoms with Gasteiger partial charge in [0.25, 0.3) is 0 Å². The summed E-state index contributed by atoms with van der Waals surface area (Å²) in [5.74, 6) is 0. The zero-order valence-corrected chi connectivity index (χ0v) is 4.67. The van der Waals surface area contributed by atoms with Gasteiger partial charge in [-0.25, -0.2) is 9.97 Å². The molecule has 0 fully saturated rings. The van der Waals surface area contributed by atoms with Crippen LogP contribution in [-0.2, 0) is 0 Å². The van der Waals surface area contributed by atoms with Gasteiger partial charge in [0.1, 0.15) is 6.33 Å². The Hall–Kier alpha value is -0.700. The molecule has 8 heavy (non-hydrogen) atoms. The van der Waals surface area contributed by atoms with E-state index in [0.29, 0.717) is 5.02 Å². The molecular weight excluding hydrogens is 131 g/mol. The minimum absolute atomic E-state index is 0. The fourth-order valence-corrected chi connectivity index (χ4v) is 0.394. The average Bonchev–Trinajstić information content (AvgIpc) is 1.69. The SMILES string of the molecule is Clc1cncnc1.F. The first-order chi connectivity index (χ1) is 3.39. The molecule has 0 bridgehead atoms. The van der Waals surface area contributed by atoms with Crippen LogP contribution < -0.4 is 0 Å². The van der Waals surface area contributed by atoms with Crippen LogP contribution in [0.25, 0.3) is 0 Å². The van der Waals surface area contributed by atoms with Gasteiger partial charge in [0.05, 0.1) is 5.02 Å². The van der Waals surface area contributed by atoms with Gasteiger partial charge >= 0.3 is 0 Å². The zero-order chi connectivity index (χ0) is 5.11.